The molecular weight excluding hydrogens is 230 g/mol. The SMILES string of the molecule is CCOC(=O)CNCc1ccc2c(c1)ncn2C. The molecule has 18 heavy (non-hydrogen) atoms. The third-order valence-corrected chi connectivity index (χ3v) is 2.69. The number of ether oxygens (including phenoxy) is 1. The number of imidazole rings is 1. The minimum atomic E-state index is -0.226. The van der Waals surface area contributed by atoms with Gasteiger partial charge < -0.3 is 14.6 Å². The van der Waals surface area contributed by atoms with E-state index in [1.165, 1.54) is 0 Å². The van der Waals surface area contributed by atoms with Gasteiger partial charge in [-0.25, -0.2) is 4.98 Å². The fourth-order valence-corrected chi connectivity index (χ4v) is 1.81. The van der Waals surface area contributed by atoms with Crippen molar-refractivity contribution in [1.82, 2.24) is 14.9 Å². The summed E-state index contributed by atoms with van der Waals surface area (Å²) in [5.74, 6) is -0.226. The van der Waals surface area contributed by atoms with Crippen molar-refractivity contribution < 1.29 is 9.53 Å². The number of rotatable bonds is 5. The first-order valence-electron chi connectivity index (χ1n) is 5.97. The second-order valence-corrected chi connectivity index (χ2v) is 4.09. The number of nitrogens with zero attached hydrogens (tertiary/aromatic N) is 2. The number of carbonyl (C=O) groups excluding carboxylic acids is 1. The summed E-state index contributed by atoms with van der Waals surface area (Å²) >= 11 is 0. The molecule has 2 rings (SSSR count). The number of hydrogen-bond acceptors (Lipinski definition) is 4. The molecule has 0 radical (unpaired) electrons. The van der Waals surface area contributed by atoms with E-state index in [9.17, 15) is 4.79 Å². The van der Waals surface area contributed by atoms with Crippen molar-refractivity contribution in [3.05, 3.63) is 30.1 Å². The van der Waals surface area contributed by atoms with Crippen LogP contribution in [0.5, 0.6) is 0 Å². The lowest BCUT2D eigenvalue weighted by atomic mass is 10.2. The molecule has 0 aliphatic rings. The van der Waals surface area contributed by atoms with E-state index < -0.39 is 0 Å². The summed E-state index contributed by atoms with van der Waals surface area (Å²) < 4.78 is 6.81. The van der Waals surface area contributed by atoms with Gasteiger partial charge in [-0.1, -0.05) is 6.07 Å². The number of benzene rings is 1. The van der Waals surface area contributed by atoms with E-state index in [1.807, 2.05) is 29.8 Å². The Balaban J connectivity index is 1.94. The summed E-state index contributed by atoms with van der Waals surface area (Å²) in [5.41, 5.74) is 3.17. The van der Waals surface area contributed by atoms with Crippen LogP contribution in [-0.4, -0.2) is 28.7 Å². The molecule has 0 saturated carbocycles. The first-order valence-corrected chi connectivity index (χ1v) is 5.97. The second-order valence-electron chi connectivity index (χ2n) is 4.09. The van der Waals surface area contributed by atoms with Gasteiger partial charge in [-0.15, -0.1) is 0 Å². The van der Waals surface area contributed by atoms with Crippen molar-refractivity contribution in [2.24, 2.45) is 7.05 Å². The molecule has 2 aromatic rings. The lowest BCUT2D eigenvalue weighted by molar-refractivity contribution is -0.142. The van der Waals surface area contributed by atoms with E-state index in [0.717, 1.165) is 16.6 Å². The maximum Gasteiger partial charge on any atom is 0.319 e. The molecule has 0 aliphatic carbocycles. The lowest BCUT2D eigenvalue weighted by Gasteiger charge is -2.05. The fourth-order valence-electron chi connectivity index (χ4n) is 1.81. The van der Waals surface area contributed by atoms with Crippen LogP contribution >= 0.6 is 0 Å². The number of esters is 1. The Morgan fingerprint density at radius 2 is 2.33 bits per heavy atom. The van der Waals surface area contributed by atoms with E-state index in [0.29, 0.717) is 13.2 Å². The Hall–Kier alpha value is -1.88. The van der Waals surface area contributed by atoms with Crippen LogP contribution in [0.1, 0.15) is 12.5 Å². The molecule has 0 unspecified atom stereocenters. The number of aryl methyl sites for hydroxylation is 1. The second kappa shape index (κ2) is 5.64. The highest BCUT2D eigenvalue weighted by Gasteiger charge is 2.03. The van der Waals surface area contributed by atoms with E-state index in [1.54, 1.807) is 13.3 Å². The third-order valence-electron chi connectivity index (χ3n) is 2.69. The van der Waals surface area contributed by atoms with Crippen molar-refractivity contribution in [3.8, 4) is 0 Å². The highest BCUT2D eigenvalue weighted by Crippen LogP contribution is 2.13. The van der Waals surface area contributed by atoms with Gasteiger partial charge in [-0.2, -0.15) is 0 Å². The minimum absolute atomic E-state index is 0.226. The zero-order valence-corrected chi connectivity index (χ0v) is 10.6. The van der Waals surface area contributed by atoms with Gasteiger partial charge in [0.25, 0.3) is 0 Å². The molecular formula is C13H17N3O2. The largest absolute Gasteiger partial charge is 0.465 e. The number of fused-ring (bicyclic) bond motifs is 1. The first kappa shape index (κ1) is 12.6. The van der Waals surface area contributed by atoms with Crippen molar-refractivity contribution in [2.45, 2.75) is 13.5 Å². The van der Waals surface area contributed by atoms with Crippen LogP contribution in [0.4, 0.5) is 0 Å². The number of nitrogens with one attached hydrogen (secondary N) is 1. The Labute approximate surface area is 106 Å². The molecule has 96 valence electrons. The van der Waals surface area contributed by atoms with Crippen LogP contribution in [-0.2, 0) is 23.1 Å². The number of carbonyl (C=O) groups is 1. The average molecular weight is 247 g/mol. The first-order chi connectivity index (χ1) is 8.70. The summed E-state index contributed by atoms with van der Waals surface area (Å²) in [6.45, 7) is 3.08. The van der Waals surface area contributed by atoms with Crippen LogP contribution < -0.4 is 5.32 Å². The summed E-state index contributed by atoms with van der Waals surface area (Å²) in [6.07, 6.45) is 1.79. The van der Waals surface area contributed by atoms with Gasteiger partial charge >= 0.3 is 5.97 Å². The van der Waals surface area contributed by atoms with Crippen LogP contribution in [0.3, 0.4) is 0 Å². The van der Waals surface area contributed by atoms with E-state index in [2.05, 4.69) is 10.3 Å². The monoisotopic (exact) mass is 247 g/mol. The Kier molecular flexibility index (Phi) is 3.94. The number of hydrogen-bond donors (Lipinski definition) is 1. The van der Waals surface area contributed by atoms with E-state index >= 15 is 0 Å². The highest BCUT2D eigenvalue weighted by atomic mass is 16.5. The van der Waals surface area contributed by atoms with Gasteiger partial charge in [0, 0.05) is 13.6 Å². The average Bonchev–Trinajstić information content (AvgIpc) is 2.71. The zero-order chi connectivity index (χ0) is 13.0. The normalized spacial score (nSPS) is 10.8. The molecule has 0 aliphatic heterocycles. The Bertz CT molecular complexity index is 548. The molecule has 0 bridgehead atoms. The van der Waals surface area contributed by atoms with Crippen molar-refractivity contribution in [2.75, 3.05) is 13.2 Å². The molecule has 1 heterocycles. The molecule has 5 nitrogen and oxygen atoms in total. The molecule has 0 spiro atoms. The van der Waals surface area contributed by atoms with Crippen molar-refractivity contribution in [3.63, 3.8) is 0 Å². The minimum Gasteiger partial charge on any atom is -0.465 e. The van der Waals surface area contributed by atoms with Crippen molar-refractivity contribution >= 4 is 17.0 Å². The number of aromatic nitrogens is 2. The molecule has 0 fully saturated rings. The quantitative estimate of drug-likeness (QED) is 0.807. The molecule has 0 saturated heterocycles. The van der Waals surface area contributed by atoms with Crippen LogP contribution in [0.25, 0.3) is 11.0 Å². The topological polar surface area (TPSA) is 56.1 Å². The highest BCUT2D eigenvalue weighted by molar-refractivity contribution is 5.76. The van der Waals surface area contributed by atoms with Gasteiger partial charge in [0.2, 0.25) is 0 Å². The summed E-state index contributed by atoms with van der Waals surface area (Å²) in [7, 11) is 1.97. The van der Waals surface area contributed by atoms with Gasteiger partial charge in [-0.3, -0.25) is 4.79 Å². The maximum atomic E-state index is 11.1. The maximum absolute atomic E-state index is 11.1. The smallest absolute Gasteiger partial charge is 0.319 e. The summed E-state index contributed by atoms with van der Waals surface area (Å²) in [6, 6.07) is 6.08. The molecule has 1 N–H and O–H groups in total. The molecule has 1 aromatic heterocycles. The van der Waals surface area contributed by atoms with E-state index in [4.69, 9.17) is 4.74 Å². The molecule has 0 atom stereocenters. The predicted octanol–water partition coefficient (Wildman–Crippen LogP) is 1.23. The van der Waals surface area contributed by atoms with Gasteiger partial charge in [-0.05, 0) is 24.6 Å². The fraction of sp³-hybridized carbons (Fsp3) is 0.385. The Morgan fingerprint density at radius 3 is 3.11 bits per heavy atom. The van der Waals surface area contributed by atoms with Gasteiger partial charge in [0.05, 0.1) is 30.5 Å². The molecule has 0 amide bonds. The molecule has 1 aromatic carbocycles. The summed E-state index contributed by atoms with van der Waals surface area (Å²) in [5, 5.41) is 3.05. The van der Waals surface area contributed by atoms with E-state index in [-0.39, 0.29) is 12.5 Å². The predicted molar refractivity (Wildman–Crippen MR) is 69.1 cm³/mol. The Morgan fingerprint density at radius 1 is 1.50 bits per heavy atom. The zero-order valence-electron chi connectivity index (χ0n) is 10.6. The van der Waals surface area contributed by atoms with Gasteiger partial charge in [0.15, 0.2) is 0 Å². The van der Waals surface area contributed by atoms with Crippen LogP contribution in [0.2, 0.25) is 0 Å². The third kappa shape index (κ3) is 2.87. The van der Waals surface area contributed by atoms with Crippen molar-refractivity contribution in [1.29, 1.82) is 0 Å². The summed E-state index contributed by atoms with van der Waals surface area (Å²) in [4.78, 5) is 15.4. The lowest BCUT2D eigenvalue weighted by Crippen LogP contribution is -2.24. The van der Waals surface area contributed by atoms with Crippen LogP contribution in [0, 0.1) is 0 Å². The van der Waals surface area contributed by atoms with Crippen LogP contribution in [0.15, 0.2) is 24.5 Å². The standard InChI is InChI=1S/C13H17N3O2/c1-3-18-13(17)8-14-7-10-4-5-12-11(6-10)15-9-16(12)2/h4-6,9,14H,3,7-8H2,1-2H3. The van der Waals surface area contributed by atoms with Gasteiger partial charge in [0.1, 0.15) is 0 Å². The molecule has 5 heteroatoms.